The first-order valence-electron chi connectivity index (χ1n) is 6.20. The van der Waals surface area contributed by atoms with Crippen LogP contribution in [0.1, 0.15) is 32.6 Å². The minimum absolute atomic E-state index is 0.867. The molecule has 2 heterocycles. The van der Waals surface area contributed by atoms with E-state index in [1.54, 1.807) is 0 Å². The molecule has 0 aromatic rings. The van der Waals surface area contributed by atoms with Gasteiger partial charge < -0.3 is 9.80 Å². The van der Waals surface area contributed by atoms with Crippen LogP contribution in [0.15, 0.2) is 0 Å². The third-order valence-electron chi connectivity index (χ3n) is 3.92. The van der Waals surface area contributed by atoms with Crippen LogP contribution >= 0.6 is 0 Å². The fraction of sp³-hybridized carbons (Fsp3) is 1.00. The Bertz CT molecular complexity index is 175. The van der Waals surface area contributed by atoms with E-state index in [0.717, 1.165) is 12.0 Å². The molecular weight excluding hydrogens is 172 g/mol. The highest BCUT2D eigenvalue weighted by Crippen LogP contribution is 2.24. The van der Waals surface area contributed by atoms with Gasteiger partial charge in [-0.25, -0.2) is 0 Å². The molecule has 0 aromatic carbocycles. The van der Waals surface area contributed by atoms with Crippen molar-refractivity contribution in [1.82, 2.24) is 9.80 Å². The fourth-order valence-corrected chi connectivity index (χ4v) is 3.13. The van der Waals surface area contributed by atoms with Gasteiger partial charge in [0.1, 0.15) is 0 Å². The molecule has 0 bridgehead atoms. The molecule has 0 amide bonds. The van der Waals surface area contributed by atoms with E-state index in [4.69, 9.17) is 0 Å². The van der Waals surface area contributed by atoms with Crippen LogP contribution in [0, 0.1) is 5.92 Å². The second-order valence-electron chi connectivity index (χ2n) is 5.19. The average Bonchev–Trinajstić information content (AvgIpc) is 2.19. The van der Waals surface area contributed by atoms with Crippen molar-refractivity contribution in [1.29, 1.82) is 0 Å². The van der Waals surface area contributed by atoms with E-state index in [-0.39, 0.29) is 0 Å². The topological polar surface area (TPSA) is 6.48 Å². The Morgan fingerprint density at radius 2 is 1.71 bits per heavy atom. The lowest BCUT2D eigenvalue weighted by Crippen LogP contribution is -2.50. The Labute approximate surface area is 88.3 Å². The molecule has 2 fully saturated rings. The lowest BCUT2D eigenvalue weighted by atomic mass is 9.91. The predicted octanol–water partition coefficient (Wildman–Crippen LogP) is 1.81. The number of hydrogen-bond acceptors (Lipinski definition) is 2. The lowest BCUT2D eigenvalue weighted by molar-refractivity contribution is 0.0618. The molecule has 0 N–H and O–H groups in total. The summed E-state index contributed by atoms with van der Waals surface area (Å²) in [4.78, 5) is 5.23. The molecule has 14 heavy (non-hydrogen) atoms. The van der Waals surface area contributed by atoms with Crippen LogP contribution in [0.25, 0.3) is 0 Å². The third-order valence-corrected chi connectivity index (χ3v) is 3.92. The highest BCUT2D eigenvalue weighted by Gasteiger charge is 2.29. The number of hydrogen-bond donors (Lipinski definition) is 0. The Balaban J connectivity index is 1.89. The van der Waals surface area contributed by atoms with Gasteiger partial charge in [-0.3, -0.25) is 0 Å². The number of likely N-dealkylation sites (tertiary alicyclic amines) is 2. The zero-order valence-electron chi connectivity index (χ0n) is 9.71. The molecule has 0 radical (unpaired) electrons. The van der Waals surface area contributed by atoms with Crippen LogP contribution in [0.4, 0.5) is 0 Å². The Hall–Kier alpha value is -0.0800. The second-order valence-corrected chi connectivity index (χ2v) is 5.19. The molecule has 2 rings (SSSR count). The van der Waals surface area contributed by atoms with Crippen molar-refractivity contribution >= 4 is 0 Å². The van der Waals surface area contributed by atoms with Crippen LogP contribution in [0.2, 0.25) is 0 Å². The molecular formula is C12H24N2. The van der Waals surface area contributed by atoms with Gasteiger partial charge in [0.2, 0.25) is 0 Å². The highest BCUT2D eigenvalue weighted by atomic mass is 15.2. The minimum Gasteiger partial charge on any atom is -0.306 e. The maximum Gasteiger partial charge on any atom is 0.0145 e. The summed E-state index contributed by atoms with van der Waals surface area (Å²) in [5, 5.41) is 0. The van der Waals surface area contributed by atoms with E-state index >= 15 is 0 Å². The van der Waals surface area contributed by atoms with E-state index in [9.17, 15) is 0 Å². The standard InChI is InChI=1S/C12H24N2/c1-11-10-13(2)9-6-12(11)14-7-4-3-5-8-14/h11-12H,3-10H2,1-2H3. The van der Waals surface area contributed by atoms with Gasteiger partial charge in [-0.15, -0.1) is 0 Å². The molecule has 2 nitrogen and oxygen atoms in total. The van der Waals surface area contributed by atoms with Crippen LogP contribution in [0.5, 0.6) is 0 Å². The van der Waals surface area contributed by atoms with Crippen molar-refractivity contribution in [3.8, 4) is 0 Å². The van der Waals surface area contributed by atoms with Crippen molar-refractivity contribution in [3.63, 3.8) is 0 Å². The normalized spacial score (nSPS) is 37.3. The first-order valence-corrected chi connectivity index (χ1v) is 6.20. The molecule has 2 aliphatic heterocycles. The SMILES string of the molecule is CC1CN(C)CCC1N1CCCCC1. The molecule has 2 saturated heterocycles. The largest absolute Gasteiger partial charge is 0.306 e. The molecule has 0 saturated carbocycles. The zero-order chi connectivity index (χ0) is 9.97. The summed E-state index contributed by atoms with van der Waals surface area (Å²) in [6.07, 6.45) is 5.70. The summed E-state index contributed by atoms with van der Waals surface area (Å²) >= 11 is 0. The smallest absolute Gasteiger partial charge is 0.0145 e. The summed E-state index contributed by atoms with van der Waals surface area (Å²) in [6.45, 7) is 7.74. The van der Waals surface area contributed by atoms with Crippen molar-refractivity contribution in [2.24, 2.45) is 5.92 Å². The summed E-state index contributed by atoms with van der Waals surface area (Å²) < 4.78 is 0. The van der Waals surface area contributed by atoms with Crippen molar-refractivity contribution in [3.05, 3.63) is 0 Å². The highest BCUT2D eigenvalue weighted by molar-refractivity contribution is 4.85. The molecule has 2 atom stereocenters. The van der Waals surface area contributed by atoms with Crippen molar-refractivity contribution < 1.29 is 0 Å². The van der Waals surface area contributed by atoms with Crippen LogP contribution < -0.4 is 0 Å². The molecule has 0 spiro atoms. The van der Waals surface area contributed by atoms with Crippen LogP contribution in [-0.2, 0) is 0 Å². The van der Waals surface area contributed by atoms with Gasteiger partial charge in [0.05, 0.1) is 0 Å². The number of rotatable bonds is 1. The van der Waals surface area contributed by atoms with Gasteiger partial charge in [-0.2, -0.15) is 0 Å². The summed E-state index contributed by atoms with van der Waals surface area (Å²) in [5.41, 5.74) is 0. The maximum absolute atomic E-state index is 2.75. The lowest BCUT2D eigenvalue weighted by Gasteiger charge is -2.43. The van der Waals surface area contributed by atoms with Crippen LogP contribution in [-0.4, -0.2) is 49.1 Å². The summed E-state index contributed by atoms with van der Waals surface area (Å²) in [7, 11) is 2.25. The van der Waals surface area contributed by atoms with Gasteiger partial charge >= 0.3 is 0 Å². The van der Waals surface area contributed by atoms with E-state index in [1.807, 2.05) is 0 Å². The first kappa shape index (κ1) is 10.4. The van der Waals surface area contributed by atoms with Crippen LogP contribution in [0.3, 0.4) is 0 Å². The second kappa shape index (κ2) is 4.63. The molecule has 2 heteroatoms. The van der Waals surface area contributed by atoms with E-state index < -0.39 is 0 Å². The number of piperidine rings is 2. The third kappa shape index (κ3) is 2.29. The van der Waals surface area contributed by atoms with Gasteiger partial charge in [0.15, 0.2) is 0 Å². The summed E-state index contributed by atoms with van der Waals surface area (Å²) in [5.74, 6) is 0.867. The molecule has 82 valence electrons. The van der Waals surface area contributed by atoms with E-state index in [1.165, 1.54) is 51.9 Å². The molecule has 2 unspecified atom stereocenters. The molecule has 0 aliphatic carbocycles. The van der Waals surface area contributed by atoms with Crippen molar-refractivity contribution in [2.45, 2.75) is 38.6 Å². The van der Waals surface area contributed by atoms with Gasteiger partial charge in [0, 0.05) is 12.6 Å². The quantitative estimate of drug-likeness (QED) is 0.631. The minimum atomic E-state index is 0.867. The van der Waals surface area contributed by atoms with Gasteiger partial charge in [-0.1, -0.05) is 13.3 Å². The van der Waals surface area contributed by atoms with Gasteiger partial charge in [0.25, 0.3) is 0 Å². The Morgan fingerprint density at radius 1 is 1.00 bits per heavy atom. The fourth-order valence-electron chi connectivity index (χ4n) is 3.13. The monoisotopic (exact) mass is 196 g/mol. The first-order chi connectivity index (χ1) is 6.77. The summed E-state index contributed by atoms with van der Waals surface area (Å²) in [6, 6.07) is 0.881. The van der Waals surface area contributed by atoms with E-state index in [0.29, 0.717) is 0 Å². The van der Waals surface area contributed by atoms with Gasteiger partial charge in [-0.05, 0) is 51.9 Å². The Morgan fingerprint density at radius 3 is 2.36 bits per heavy atom. The zero-order valence-corrected chi connectivity index (χ0v) is 9.71. The van der Waals surface area contributed by atoms with Crippen molar-refractivity contribution in [2.75, 3.05) is 33.2 Å². The predicted molar refractivity (Wildman–Crippen MR) is 60.5 cm³/mol. The maximum atomic E-state index is 2.75. The Kier molecular flexibility index (Phi) is 3.45. The molecule has 2 aliphatic rings. The molecule has 0 aromatic heterocycles. The van der Waals surface area contributed by atoms with E-state index in [2.05, 4.69) is 23.8 Å². The average molecular weight is 196 g/mol. The number of nitrogens with zero attached hydrogens (tertiary/aromatic N) is 2.